The van der Waals surface area contributed by atoms with Crippen LogP contribution in [0.15, 0.2) is 0 Å². The fourth-order valence-electron chi connectivity index (χ4n) is 1.74. The van der Waals surface area contributed by atoms with Crippen LogP contribution >= 0.6 is 23.6 Å². The van der Waals surface area contributed by atoms with E-state index in [9.17, 15) is 0 Å². The minimum absolute atomic E-state index is 0.265. The summed E-state index contributed by atoms with van der Waals surface area (Å²) in [5, 5.41) is 0.689. The van der Waals surface area contributed by atoms with Gasteiger partial charge in [0.25, 0.3) is 0 Å². The molecule has 2 unspecified atom stereocenters. The van der Waals surface area contributed by atoms with Gasteiger partial charge >= 0.3 is 0 Å². The molecule has 3 atom stereocenters. The van der Waals surface area contributed by atoms with Gasteiger partial charge in [0.2, 0.25) is 0 Å². The zero-order chi connectivity index (χ0) is 8.39. The second-order valence-corrected chi connectivity index (χ2v) is 4.94. The van der Waals surface area contributed by atoms with Gasteiger partial charge in [0.1, 0.15) is 0 Å². The van der Waals surface area contributed by atoms with Crippen molar-refractivity contribution in [3.63, 3.8) is 0 Å². The quantitative estimate of drug-likeness (QED) is 0.347. The van der Waals surface area contributed by atoms with Crippen LogP contribution in [0.25, 0.3) is 0 Å². The summed E-state index contributed by atoms with van der Waals surface area (Å²) in [4.78, 5) is 5.21. The molecule has 2 saturated heterocycles. The Balaban J connectivity index is 2.02. The minimum atomic E-state index is 0.265. The zero-order valence-electron chi connectivity index (χ0n) is 6.87. The molecule has 1 saturated carbocycles. The molecule has 2 bridgehead atoms. The predicted octanol–water partition coefficient (Wildman–Crippen LogP) is 2.91. The Morgan fingerprint density at radius 1 is 1.17 bits per heavy atom. The summed E-state index contributed by atoms with van der Waals surface area (Å²) < 4.78 is 5.04. The summed E-state index contributed by atoms with van der Waals surface area (Å²) >= 11 is 7.61. The van der Waals surface area contributed by atoms with Crippen LogP contribution in [0.5, 0.6) is 0 Å². The van der Waals surface area contributed by atoms with Gasteiger partial charge in [-0.25, -0.2) is 4.89 Å². The highest BCUT2D eigenvalue weighted by atomic mass is 35.5. The fraction of sp³-hybridized carbons (Fsp3) is 1.00. The van der Waals surface area contributed by atoms with Crippen LogP contribution in [0.4, 0.5) is 0 Å². The van der Waals surface area contributed by atoms with Gasteiger partial charge in [-0.2, -0.15) is 4.33 Å². The minimum Gasteiger partial charge on any atom is -0.221 e. The Bertz CT molecular complexity index is 144. The normalized spacial score (nSPS) is 43.2. The molecule has 2 heterocycles. The molecule has 3 rings (SSSR count). The molecule has 0 aromatic carbocycles. The molecular weight excluding hydrogens is 196 g/mol. The Morgan fingerprint density at radius 2 is 2.08 bits per heavy atom. The lowest BCUT2D eigenvalue weighted by Gasteiger charge is -2.30. The SMILES string of the molecule is Cl[C@H]1CCC2CCCC1SOO2. The molecule has 0 aromatic rings. The molecule has 0 amide bonds. The van der Waals surface area contributed by atoms with Crippen LogP contribution in [0, 0.1) is 0 Å². The number of hydrogen-bond acceptors (Lipinski definition) is 3. The summed E-state index contributed by atoms with van der Waals surface area (Å²) in [6, 6.07) is 0. The monoisotopic (exact) mass is 208 g/mol. The van der Waals surface area contributed by atoms with Crippen LogP contribution in [0.3, 0.4) is 0 Å². The van der Waals surface area contributed by atoms with Crippen LogP contribution in [0.2, 0.25) is 0 Å². The summed E-state index contributed by atoms with van der Waals surface area (Å²) in [6.07, 6.45) is 5.90. The number of fused-ring (bicyclic) bond motifs is 6. The maximum absolute atomic E-state index is 6.20. The van der Waals surface area contributed by atoms with E-state index in [4.69, 9.17) is 20.8 Å². The van der Waals surface area contributed by atoms with E-state index in [0.717, 1.165) is 19.3 Å². The molecule has 0 aromatic heterocycles. The smallest absolute Gasteiger partial charge is 0.0943 e. The fourth-order valence-corrected chi connectivity index (χ4v) is 2.89. The Kier molecular flexibility index (Phi) is 3.18. The van der Waals surface area contributed by atoms with Crippen molar-refractivity contribution in [2.75, 3.05) is 0 Å². The van der Waals surface area contributed by atoms with E-state index in [1.807, 2.05) is 0 Å². The first kappa shape index (κ1) is 9.13. The van der Waals surface area contributed by atoms with Crippen molar-refractivity contribution in [2.45, 2.75) is 48.8 Å². The molecular formula is C8H13ClO2S. The number of rotatable bonds is 0. The maximum Gasteiger partial charge on any atom is 0.0943 e. The summed E-state index contributed by atoms with van der Waals surface area (Å²) in [6.45, 7) is 0. The first-order valence-corrected chi connectivity index (χ1v) is 5.73. The van der Waals surface area contributed by atoms with Crippen LogP contribution in [-0.2, 0) is 9.22 Å². The van der Waals surface area contributed by atoms with Gasteiger partial charge in [-0.1, -0.05) is 0 Å². The zero-order valence-corrected chi connectivity index (χ0v) is 8.44. The molecule has 12 heavy (non-hydrogen) atoms. The molecule has 4 heteroatoms. The molecule has 2 nitrogen and oxygen atoms in total. The van der Waals surface area contributed by atoms with E-state index in [1.165, 1.54) is 24.9 Å². The van der Waals surface area contributed by atoms with Crippen molar-refractivity contribution in [2.24, 2.45) is 0 Å². The molecule has 3 fully saturated rings. The van der Waals surface area contributed by atoms with E-state index in [0.29, 0.717) is 5.25 Å². The number of halogens is 1. The summed E-state index contributed by atoms with van der Waals surface area (Å²) in [5.41, 5.74) is 0. The largest absolute Gasteiger partial charge is 0.221 e. The van der Waals surface area contributed by atoms with Crippen molar-refractivity contribution >= 4 is 23.6 Å². The van der Waals surface area contributed by atoms with E-state index in [2.05, 4.69) is 0 Å². The van der Waals surface area contributed by atoms with E-state index in [-0.39, 0.29) is 11.5 Å². The summed E-state index contributed by atoms with van der Waals surface area (Å²) in [7, 11) is 0. The van der Waals surface area contributed by atoms with Crippen LogP contribution < -0.4 is 0 Å². The van der Waals surface area contributed by atoms with Gasteiger partial charge in [0.15, 0.2) is 0 Å². The summed E-state index contributed by atoms with van der Waals surface area (Å²) in [5.74, 6) is 0. The maximum atomic E-state index is 6.20. The third kappa shape index (κ3) is 2.08. The van der Waals surface area contributed by atoms with Gasteiger partial charge in [0.05, 0.1) is 11.4 Å². The van der Waals surface area contributed by atoms with Crippen molar-refractivity contribution < 1.29 is 9.22 Å². The van der Waals surface area contributed by atoms with E-state index >= 15 is 0 Å². The van der Waals surface area contributed by atoms with Crippen molar-refractivity contribution in [1.82, 2.24) is 0 Å². The van der Waals surface area contributed by atoms with Crippen molar-refractivity contribution in [1.29, 1.82) is 0 Å². The van der Waals surface area contributed by atoms with Gasteiger partial charge < -0.3 is 0 Å². The average molecular weight is 209 g/mol. The van der Waals surface area contributed by atoms with Crippen LogP contribution in [0.1, 0.15) is 32.1 Å². The topological polar surface area (TPSA) is 18.5 Å². The second kappa shape index (κ2) is 4.18. The second-order valence-electron chi connectivity index (χ2n) is 3.45. The molecule has 0 radical (unpaired) electrons. The molecule has 3 aliphatic rings. The lowest BCUT2D eigenvalue weighted by atomic mass is 9.98. The highest BCUT2D eigenvalue weighted by Gasteiger charge is 2.29. The lowest BCUT2D eigenvalue weighted by molar-refractivity contribution is -0.239. The Morgan fingerprint density at radius 3 is 3.00 bits per heavy atom. The molecule has 1 aliphatic carbocycles. The third-order valence-electron chi connectivity index (χ3n) is 2.52. The van der Waals surface area contributed by atoms with E-state index < -0.39 is 0 Å². The Hall–Kier alpha value is 0.560. The first-order valence-electron chi connectivity index (χ1n) is 4.49. The lowest BCUT2D eigenvalue weighted by Crippen LogP contribution is -2.28. The average Bonchev–Trinajstić information content (AvgIpc) is 1.97. The van der Waals surface area contributed by atoms with Crippen molar-refractivity contribution in [3.05, 3.63) is 0 Å². The van der Waals surface area contributed by atoms with Crippen molar-refractivity contribution in [3.8, 4) is 0 Å². The standard InChI is InChI=1S/C8H13ClO2S/c9-7-5-4-6-2-1-3-8(7)12-11-10-6/h6-8H,1-5H2/t6?,7-,8?/m0/s1. The van der Waals surface area contributed by atoms with Crippen LogP contribution in [-0.4, -0.2) is 16.7 Å². The highest BCUT2D eigenvalue weighted by molar-refractivity contribution is 7.95. The number of alkyl halides is 1. The molecule has 0 N–H and O–H groups in total. The number of hydrogen-bond donors (Lipinski definition) is 0. The van der Waals surface area contributed by atoms with Gasteiger partial charge in [0, 0.05) is 17.4 Å². The molecule has 0 spiro atoms. The first-order chi connectivity index (χ1) is 5.86. The van der Waals surface area contributed by atoms with Gasteiger partial charge in [-0.05, 0) is 32.1 Å². The Labute approximate surface area is 82.1 Å². The third-order valence-corrected chi connectivity index (χ3v) is 4.16. The molecule has 2 aliphatic heterocycles. The highest BCUT2D eigenvalue weighted by Crippen LogP contribution is 2.35. The van der Waals surface area contributed by atoms with E-state index in [1.54, 1.807) is 0 Å². The molecule has 70 valence electrons. The van der Waals surface area contributed by atoms with Gasteiger partial charge in [-0.3, -0.25) is 0 Å². The van der Waals surface area contributed by atoms with Gasteiger partial charge in [-0.15, -0.1) is 11.6 Å². The predicted molar refractivity (Wildman–Crippen MR) is 50.1 cm³/mol.